The summed E-state index contributed by atoms with van der Waals surface area (Å²) in [7, 11) is 0. The number of hydrogen-bond acceptors (Lipinski definition) is 5. The molecule has 7 heteroatoms. The third kappa shape index (κ3) is 3.41. The molecule has 1 saturated heterocycles. The molecule has 2 aromatic heterocycles. The number of benzene rings is 1. The van der Waals surface area contributed by atoms with Crippen LogP contribution in [0.3, 0.4) is 0 Å². The lowest BCUT2D eigenvalue weighted by molar-refractivity contribution is -0.115. The van der Waals surface area contributed by atoms with Crippen LogP contribution < -0.4 is 5.32 Å². The molecule has 0 bridgehead atoms. The lowest BCUT2D eigenvalue weighted by Crippen LogP contribution is -2.30. The Balaban J connectivity index is 1.54. The fourth-order valence-corrected chi connectivity index (χ4v) is 7.66. The lowest BCUT2D eigenvalue weighted by Gasteiger charge is -2.20. The fraction of sp³-hybridized carbons (Fsp3) is 0.400. The van der Waals surface area contributed by atoms with Crippen LogP contribution in [0.4, 0.5) is 5.00 Å². The minimum Gasteiger partial charge on any atom is -0.338 e. The smallest absolute Gasteiger partial charge is 0.238 e. The maximum absolute atomic E-state index is 12.9. The van der Waals surface area contributed by atoms with Gasteiger partial charge in [-0.15, -0.1) is 23.1 Å². The van der Waals surface area contributed by atoms with Crippen LogP contribution in [0, 0.1) is 0 Å². The molecule has 3 aromatic rings. The van der Waals surface area contributed by atoms with E-state index < -0.39 is 0 Å². The maximum Gasteiger partial charge on any atom is 0.238 e. The third-order valence-corrected chi connectivity index (χ3v) is 9.10. The number of fused-ring (bicyclic) bond motifs is 2. The number of hydrogen-bond donors (Lipinski definition) is 2. The summed E-state index contributed by atoms with van der Waals surface area (Å²) >= 11 is 5.41. The first kappa shape index (κ1) is 17.6. The standard InChI is InChI=1S/C20H21N3OS3/c24-19(16-11-25-9-10-26-16)23-20-17(12-5-1-4-8-15(12)27-20)18-21-13-6-2-3-7-14(13)22-18/h2-3,6-7,16H,1,4-5,8-11H2,(H,21,22)(H,23,24). The quantitative estimate of drug-likeness (QED) is 0.635. The number of thioether (sulfide) groups is 2. The molecule has 0 spiro atoms. The number of H-pyrrole nitrogens is 1. The first-order valence-corrected chi connectivity index (χ1v) is 12.4. The molecule has 1 aliphatic heterocycles. The van der Waals surface area contributed by atoms with Crippen molar-refractivity contribution in [3.05, 3.63) is 34.7 Å². The molecule has 2 aliphatic rings. The SMILES string of the molecule is O=C(Nc1sc2c(c1-c1nc3ccccc3[nH]1)CCCC2)C1CSCCS1. The van der Waals surface area contributed by atoms with Gasteiger partial charge in [-0.25, -0.2) is 4.98 Å². The summed E-state index contributed by atoms with van der Waals surface area (Å²) in [6.45, 7) is 0. The van der Waals surface area contributed by atoms with Gasteiger partial charge in [-0.3, -0.25) is 4.79 Å². The zero-order chi connectivity index (χ0) is 18.2. The Labute approximate surface area is 170 Å². The topological polar surface area (TPSA) is 57.8 Å². The molecule has 140 valence electrons. The maximum atomic E-state index is 12.9. The largest absolute Gasteiger partial charge is 0.338 e. The van der Waals surface area contributed by atoms with Crippen LogP contribution in [0.5, 0.6) is 0 Å². The van der Waals surface area contributed by atoms with Crippen molar-refractivity contribution in [3.8, 4) is 11.4 Å². The van der Waals surface area contributed by atoms with Crippen LogP contribution in [0.15, 0.2) is 24.3 Å². The molecule has 1 fully saturated rings. The average molecular weight is 416 g/mol. The number of aryl methyl sites for hydroxylation is 1. The summed E-state index contributed by atoms with van der Waals surface area (Å²) in [5, 5.41) is 4.29. The molecule has 3 heterocycles. The number of carbonyl (C=O) groups excluding carboxylic acids is 1. The van der Waals surface area contributed by atoms with Gasteiger partial charge in [0.1, 0.15) is 10.8 Å². The van der Waals surface area contributed by atoms with Gasteiger partial charge in [-0.1, -0.05) is 12.1 Å². The second-order valence-corrected chi connectivity index (χ2v) is 10.5. The normalized spacial score (nSPS) is 19.8. The Morgan fingerprint density at radius 3 is 2.93 bits per heavy atom. The van der Waals surface area contributed by atoms with Gasteiger partial charge in [0.25, 0.3) is 0 Å². The summed E-state index contributed by atoms with van der Waals surface area (Å²) in [6, 6.07) is 8.12. The molecular formula is C20H21N3OS3. The first-order chi connectivity index (χ1) is 13.3. The minimum absolute atomic E-state index is 0.0476. The summed E-state index contributed by atoms with van der Waals surface area (Å²) in [6.07, 6.45) is 4.62. The van der Waals surface area contributed by atoms with E-state index in [-0.39, 0.29) is 11.2 Å². The highest BCUT2D eigenvalue weighted by atomic mass is 32.2. The van der Waals surface area contributed by atoms with E-state index in [0.29, 0.717) is 0 Å². The van der Waals surface area contributed by atoms with Crippen molar-refractivity contribution in [1.82, 2.24) is 9.97 Å². The van der Waals surface area contributed by atoms with Crippen LogP contribution >= 0.6 is 34.9 Å². The Morgan fingerprint density at radius 2 is 2.07 bits per heavy atom. The van der Waals surface area contributed by atoms with Crippen molar-refractivity contribution in [3.63, 3.8) is 0 Å². The third-order valence-electron chi connectivity index (χ3n) is 5.14. The van der Waals surface area contributed by atoms with E-state index >= 15 is 0 Å². The van der Waals surface area contributed by atoms with Gasteiger partial charge in [-0.2, -0.15) is 11.8 Å². The number of carbonyl (C=O) groups is 1. The number of imidazole rings is 1. The van der Waals surface area contributed by atoms with Crippen LogP contribution in [0.25, 0.3) is 22.4 Å². The Hall–Kier alpha value is -1.44. The molecule has 1 aliphatic carbocycles. The highest BCUT2D eigenvalue weighted by Crippen LogP contribution is 2.44. The monoisotopic (exact) mass is 415 g/mol. The summed E-state index contributed by atoms with van der Waals surface area (Å²) in [5.41, 5.74) is 4.51. The van der Waals surface area contributed by atoms with Gasteiger partial charge in [0, 0.05) is 22.1 Å². The second kappa shape index (κ2) is 7.53. The number of para-hydroxylation sites is 2. The van der Waals surface area contributed by atoms with Crippen molar-refractivity contribution in [2.75, 3.05) is 22.6 Å². The van der Waals surface area contributed by atoms with Gasteiger partial charge >= 0.3 is 0 Å². The minimum atomic E-state index is 0.0476. The van der Waals surface area contributed by atoms with Crippen molar-refractivity contribution >= 4 is 56.8 Å². The molecule has 1 aromatic carbocycles. The van der Waals surface area contributed by atoms with Crippen LogP contribution in [-0.2, 0) is 17.6 Å². The molecule has 5 rings (SSSR count). The number of anilines is 1. The van der Waals surface area contributed by atoms with E-state index in [2.05, 4.69) is 16.4 Å². The Bertz CT molecular complexity index is 955. The highest BCUT2D eigenvalue weighted by molar-refractivity contribution is 8.07. The van der Waals surface area contributed by atoms with Crippen molar-refractivity contribution in [2.24, 2.45) is 0 Å². The number of nitrogens with one attached hydrogen (secondary N) is 2. The van der Waals surface area contributed by atoms with Crippen LogP contribution in [0.1, 0.15) is 23.3 Å². The number of thiophene rings is 1. The first-order valence-electron chi connectivity index (χ1n) is 9.39. The fourth-order valence-electron chi connectivity index (χ4n) is 3.81. The van der Waals surface area contributed by atoms with Crippen molar-refractivity contribution < 1.29 is 4.79 Å². The average Bonchev–Trinajstić information content (AvgIpc) is 3.29. The number of aromatic nitrogens is 2. The van der Waals surface area contributed by atoms with Crippen molar-refractivity contribution in [2.45, 2.75) is 30.9 Å². The molecule has 0 saturated carbocycles. The molecule has 1 atom stereocenters. The van der Waals surface area contributed by atoms with Gasteiger partial charge < -0.3 is 10.3 Å². The van der Waals surface area contributed by atoms with E-state index in [0.717, 1.165) is 57.5 Å². The molecule has 27 heavy (non-hydrogen) atoms. The number of nitrogens with zero attached hydrogens (tertiary/aromatic N) is 1. The molecular weight excluding hydrogens is 394 g/mol. The second-order valence-electron chi connectivity index (χ2n) is 6.94. The van der Waals surface area contributed by atoms with Crippen LogP contribution in [-0.4, -0.2) is 38.4 Å². The number of amides is 1. The van der Waals surface area contributed by atoms with Gasteiger partial charge in [0.2, 0.25) is 5.91 Å². The Morgan fingerprint density at radius 1 is 1.19 bits per heavy atom. The zero-order valence-corrected chi connectivity index (χ0v) is 17.4. The van der Waals surface area contributed by atoms with Gasteiger partial charge in [-0.05, 0) is 43.4 Å². The molecule has 2 N–H and O–H groups in total. The number of rotatable bonds is 3. The summed E-state index contributed by atoms with van der Waals surface area (Å²) in [4.78, 5) is 22.6. The molecule has 1 amide bonds. The van der Waals surface area contributed by atoms with E-state index in [4.69, 9.17) is 4.98 Å². The predicted octanol–water partition coefficient (Wildman–Crippen LogP) is 4.96. The molecule has 1 unspecified atom stereocenters. The van der Waals surface area contributed by atoms with Crippen LogP contribution in [0.2, 0.25) is 0 Å². The van der Waals surface area contributed by atoms with E-state index in [1.54, 1.807) is 23.1 Å². The van der Waals surface area contributed by atoms with E-state index in [1.165, 1.54) is 23.3 Å². The van der Waals surface area contributed by atoms with Crippen molar-refractivity contribution in [1.29, 1.82) is 0 Å². The zero-order valence-electron chi connectivity index (χ0n) is 14.9. The summed E-state index contributed by atoms with van der Waals surface area (Å²) < 4.78 is 0. The molecule has 0 radical (unpaired) electrons. The predicted molar refractivity (Wildman–Crippen MR) is 118 cm³/mol. The number of aromatic amines is 1. The summed E-state index contributed by atoms with van der Waals surface area (Å²) in [5.74, 6) is 4.13. The lowest BCUT2D eigenvalue weighted by atomic mass is 9.95. The Kier molecular flexibility index (Phi) is 4.92. The van der Waals surface area contributed by atoms with E-state index in [1.807, 2.05) is 30.0 Å². The van der Waals surface area contributed by atoms with Gasteiger partial charge in [0.05, 0.1) is 21.8 Å². The molecule has 4 nitrogen and oxygen atoms in total. The van der Waals surface area contributed by atoms with E-state index in [9.17, 15) is 4.79 Å². The highest BCUT2D eigenvalue weighted by Gasteiger charge is 2.28. The van der Waals surface area contributed by atoms with Gasteiger partial charge in [0.15, 0.2) is 0 Å².